The molecule has 1 aromatic carbocycles. The smallest absolute Gasteiger partial charge is 0.165 e. The average molecular weight is 269 g/mol. The van der Waals surface area contributed by atoms with E-state index in [4.69, 9.17) is 0 Å². The van der Waals surface area contributed by atoms with Gasteiger partial charge in [-0.1, -0.05) is 50.8 Å². The Balaban J connectivity index is 1.92. The van der Waals surface area contributed by atoms with E-state index in [2.05, 4.69) is 36.7 Å². The molecule has 2 nitrogen and oxygen atoms in total. The van der Waals surface area contributed by atoms with Crippen LogP contribution in [0.3, 0.4) is 0 Å². The number of benzene rings is 1. The number of fused-ring (bicyclic) bond motifs is 3. The van der Waals surface area contributed by atoms with Crippen LogP contribution in [-0.4, -0.2) is 10.4 Å². The molecule has 1 aromatic heterocycles. The lowest BCUT2D eigenvalue weighted by molar-refractivity contribution is 0.0989. The molecule has 0 radical (unpaired) electrons. The highest BCUT2D eigenvalue weighted by molar-refractivity contribution is 6.12. The number of nitrogens with zero attached hydrogens (tertiary/aromatic N) is 1. The number of hydrogen-bond acceptors (Lipinski definition) is 1. The van der Waals surface area contributed by atoms with Gasteiger partial charge in [-0.25, -0.2) is 0 Å². The molecule has 1 atom stereocenters. The van der Waals surface area contributed by atoms with Crippen molar-refractivity contribution in [2.75, 3.05) is 0 Å². The number of ketones is 1. The minimum atomic E-state index is 0.345. The molecule has 0 saturated heterocycles. The highest BCUT2D eigenvalue weighted by atomic mass is 16.1. The molecule has 0 saturated carbocycles. The van der Waals surface area contributed by atoms with Crippen LogP contribution >= 0.6 is 0 Å². The highest BCUT2D eigenvalue weighted by Crippen LogP contribution is 2.41. The van der Waals surface area contributed by atoms with Gasteiger partial charge in [0.05, 0.1) is 0 Å². The Labute approximate surface area is 120 Å². The normalized spacial score (nSPS) is 17.9. The van der Waals surface area contributed by atoms with Gasteiger partial charge in [0.25, 0.3) is 0 Å². The second kappa shape index (κ2) is 5.43. The summed E-state index contributed by atoms with van der Waals surface area (Å²) < 4.78 is 2.25. The maximum absolute atomic E-state index is 12.4. The Morgan fingerprint density at radius 2 is 2.00 bits per heavy atom. The van der Waals surface area contributed by atoms with Crippen molar-refractivity contribution in [2.24, 2.45) is 7.05 Å². The fourth-order valence-corrected chi connectivity index (χ4v) is 3.66. The lowest BCUT2D eigenvalue weighted by Crippen LogP contribution is -2.02. The van der Waals surface area contributed by atoms with E-state index in [1.807, 2.05) is 6.07 Å². The van der Waals surface area contributed by atoms with Crippen molar-refractivity contribution in [3.8, 4) is 0 Å². The lowest BCUT2D eigenvalue weighted by Gasteiger charge is -2.12. The molecule has 3 rings (SSSR count). The maximum atomic E-state index is 12.4. The SMILES string of the molecule is CCCCCCC1CC(=O)c2c1n(C)c1ccccc21. The Bertz CT molecular complexity index is 638. The lowest BCUT2D eigenvalue weighted by atomic mass is 9.98. The van der Waals surface area contributed by atoms with E-state index in [1.165, 1.54) is 36.9 Å². The van der Waals surface area contributed by atoms with E-state index < -0.39 is 0 Å². The number of hydrogen-bond donors (Lipinski definition) is 0. The second-order valence-corrected chi connectivity index (χ2v) is 6.01. The van der Waals surface area contributed by atoms with E-state index in [9.17, 15) is 4.79 Å². The number of para-hydroxylation sites is 1. The molecule has 1 unspecified atom stereocenters. The van der Waals surface area contributed by atoms with Crippen LogP contribution in [-0.2, 0) is 7.05 Å². The molecule has 20 heavy (non-hydrogen) atoms. The van der Waals surface area contributed by atoms with E-state index in [-0.39, 0.29) is 0 Å². The van der Waals surface area contributed by atoms with Crippen molar-refractivity contribution in [3.63, 3.8) is 0 Å². The largest absolute Gasteiger partial charge is 0.347 e. The van der Waals surface area contributed by atoms with Gasteiger partial charge in [0.1, 0.15) is 0 Å². The molecule has 0 spiro atoms. The number of aryl methyl sites for hydroxylation is 1. The van der Waals surface area contributed by atoms with Crippen LogP contribution in [0.15, 0.2) is 24.3 Å². The monoisotopic (exact) mass is 269 g/mol. The molecule has 1 aliphatic rings. The quantitative estimate of drug-likeness (QED) is 0.713. The number of unbranched alkanes of at least 4 members (excludes halogenated alkanes) is 3. The number of aromatic nitrogens is 1. The third-order valence-electron chi connectivity index (χ3n) is 4.66. The third-order valence-corrected chi connectivity index (χ3v) is 4.66. The maximum Gasteiger partial charge on any atom is 0.165 e. The summed E-state index contributed by atoms with van der Waals surface area (Å²) >= 11 is 0. The van der Waals surface area contributed by atoms with Crippen LogP contribution in [0.1, 0.15) is 67.4 Å². The molecule has 1 aliphatic carbocycles. The minimum absolute atomic E-state index is 0.345. The number of rotatable bonds is 5. The molecular formula is C18H23NO. The van der Waals surface area contributed by atoms with Gasteiger partial charge in [0.15, 0.2) is 5.78 Å². The van der Waals surface area contributed by atoms with E-state index in [0.29, 0.717) is 11.7 Å². The third kappa shape index (κ3) is 2.07. The molecule has 0 fully saturated rings. The zero-order valence-electron chi connectivity index (χ0n) is 12.5. The highest BCUT2D eigenvalue weighted by Gasteiger charge is 2.34. The predicted molar refractivity (Wildman–Crippen MR) is 83.4 cm³/mol. The summed E-state index contributed by atoms with van der Waals surface area (Å²) in [5, 5.41) is 1.14. The summed E-state index contributed by atoms with van der Waals surface area (Å²) in [6.07, 6.45) is 6.98. The average Bonchev–Trinajstić information content (AvgIpc) is 2.94. The Morgan fingerprint density at radius 3 is 2.80 bits per heavy atom. The zero-order chi connectivity index (χ0) is 14.1. The molecule has 2 heteroatoms. The van der Waals surface area contributed by atoms with Crippen LogP contribution in [0.2, 0.25) is 0 Å². The van der Waals surface area contributed by atoms with Gasteiger partial charge in [-0.3, -0.25) is 4.79 Å². The molecule has 2 aromatic rings. The second-order valence-electron chi connectivity index (χ2n) is 6.01. The topological polar surface area (TPSA) is 22.0 Å². The first-order valence-corrected chi connectivity index (χ1v) is 7.84. The Kier molecular flexibility index (Phi) is 3.64. The fourth-order valence-electron chi connectivity index (χ4n) is 3.66. The molecule has 0 aliphatic heterocycles. The molecular weight excluding hydrogens is 246 g/mol. The van der Waals surface area contributed by atoms with Crippen LogP contribution in [0.5, 0.6) is 0 Å². The van der Waals surface area contributed by atoms with Crippen molar-refractivity contribution >= 4 is 16.7 Å². The van der Waals surface area contributed by atoms with Crippen LogP contribution in [0, 0.1) is 0 Å². The van der Waals surface area contributed by atoms with Gasteiger partial charge in [-0.2, -0.15) is 0 Å². The van der Waals surface area contributed by atoms with Crippen molar-refractivity contribution in [2.45, 2.75) is 51.4 Å². The van der Waals surface area contributed by atoms with Crippen LogP contribution < -0.4 is 0 Å². The van der Waals surface area contributed by atoms with Crippen molar-refractivity contribution in [1.82, 2.24) is 4.57 Å². The molecule has 106 valence electrons. The van der Waals surface area contributed by atoms with E-state index in [0.717, 1.165) is 23.8 Å². The van der Waals surface area contributed by atoms with E-state index >= 15 is 0 Å². The van der Waals surface area contributed by atoms with Crippen molar-refractivity contribution < 1.29 is 4.79 Å². The van der Waals surface area contributed by atoms with Crippen LogP contribution in [0.25, 0.3) is 10.9 Å². The first-order valence-electron chi connectivity index (χ1n) is 7.84. The summed E-state index contributed by atoms with van der Waals surface area (Å²) in [6.45, 7) is 2.24. The minimum Gasteiger partial charge on any atom is -0.347 e. The van der Waals surface area contributed by atoms with Gasteiger partial charge in [-0.05, 0) is 12.5 Å². The van der Waals surface area contributed by atoms with Gasteiger partial charge < -0.3 is 4.57 Å². The summed E-state index contributed by atoms with van der Waals surface area (Å²) in [4.78, 5) is 12.4. The number of carbonyl (C=O) groups is 1. The zero-order valence-corrected chi connectivity index (χ0v) is 12.5. The van der Waals surface area contributed by atoms with Crippen LogP contribution in [0.4, 0.5) is 0 Å². The number of carbonyl (C=O) groups excluding carboxylic acids is 1. The Hall–Kier alpha value is -1.57. The first-order chi connectivity index (χ1) is 9.74. The molecule has 0 N–H and O–H groups in total. The molecule has 0 amide bonds. The van der Waals surface area contributed by atoms with Crippen molar-refractivity contribution in [1.29, 1.82) is 0 Å². The van der Waals surface area contributed by atoms with E-state index in [1.54, 1.807) is 0 Å². The van der Waals surface area contributed by atoms with Gasteiger partial charge in [0.2, 0.25) is 0 Å². The summed E-state index contributed by atoms with van der Waals surface area (Å²) in [6, 6.07) is 8.29. The standard InChI is InChI=1S/C18H23NO/c1-3-4-5-6-9-13-12-16(20)17-14-10-7-8-11-15(14)19(2)18(13)17/h7-8,10-11,13H,3-6,9,12H2,1-2H3. The predicted octanol–water partition coefficient (Wildman–Crippen LogP) is 4.82. The van der Waals surface area contributed by atoms with Gasteiger partial charge in [-0.15, -0.1) is 0 Å². The summed E-state index contributed by atoms with van der Waals surface area (Å²) in [5.74, 6) is 0.782. The summed E-state index contributed by atoms with van der Waals surface area (Å²) in [5.41, 5.74) is 3.49. The number of Topliss-reactive ketones (excluding diaryl/α,β-unsaturated/α-hetero) is 1. The summed E-state index contributed by atoms with van der Waals surface area (Å²) in [7, 11) is 2.11. The molecule has 1 heterocycles. The first kappa shape index (κ1) is 13.4. The van der Waals surface area contributed by atoms with Crippen molar-refractivity contribution in [3.05, 3.63) is 35.5 Å². The molecule has 0 bridgehead atoms. The van der Waals surface area contributed by atoms with Gasteiger partial charge >= 0.3 is 0 Å². The fraction of sp³-hybridized carbons (Fsp3) is 0.500. The van der Waals surface area contributed by atoms with Gasteiger partial charge in [0, 0.05) is 41.5 Å². The Morgan fingerprint density at radius 1 is 1.20 bits per heavy atom.